The second kappa shape index (κ2) is 11.4. The summed E-state index contributed by atoms with van der Waals surface area (Å²) in [6.45, 7) is 2.70. The van der Waals surface area contributed by atoms with Gasteiger partial charge in [0.05, 0.1) is 0 Å². The van der Waals surface area contributed by atoms with Gasteiger partial charge in [0.15, 0.2) is 0 Å². The third-order valence-corrected chi connectivity index (χ3v) is 7.21. The summed E-state index contributed by atoms with van der Waals surface area (Å²) in [7, 11) is 0. The molecule has 2 aliphatic carbocycles. The van der Waals surface area contributed by atoms with Gasteiger partial charge < -0.3 is 20.5 Å². The zero-order valence-corrected chi connectivity index (χ0v) is 20.2. The van der Waals surface area contributed by atoms with Gasteiger partial charge in [0.25, 0.3) is 0 Å². The molecular formula is C28H34N2O5. The summed E-state index contributed by atoms with van der Waals surface area (Å²) in [6, 6.07) is 15.7. The highest BCUT2D eigenvalue weighted by Crippen LogP contribution is 2.44. The molecule has 1 saturated carbocycles. The Labute approximate surface area is 206 Å². The highest BCUT2D eigenvalue weighted by molar-refractivity contribution is 5.83. The van der Waals surface area contributed by atoms with Gasteiger partial charge in [0.1, 0.15) is 12.6 Å². The first-order valence-electron chi connectivity index (χ1n) is 12.6. The molecule has 2 aromatic rings. The second-order valence-corrected chi connectivity index (χ2v) is 9.70. The monoisotopic (exact) mass is 478 g/mol. The largest absolute Gasteiger partial charge is 0.480 e. The van der Waals surface area contributed by atoms with Crippen molar-refractivity contribution in [3.8, 4) is 11.1 Å². The lowest BCUT2D eigenvalue weighted by Crippen LogP contribution is -2.41. The van der Waals surface area contributed by atoms with E-state index in [1.165, 1.54) is 22.3 Å². The number of alkyl carbamates (subject to hydrolysis) is 1. The van der Waals surface area contributed by atoms with Gasteiger partial charge in [-0.2, -0.15) is 0 Å². The van der Waals surface area contributed by atoms with Gasteiger partial charge in [-0.15, -0.1) is 0 Å². The number of ether oxygens (including phenoxy) is 1. The fourth-order valence-electron chi connectivity index (χ4n) is 5.49. The molecular weight excluding hydrogens is 444 g/mol. The third kappa shape index (κ3) is 6.02. The number of carboxylic acids is 1. The average molecular weight is 479 g/mol. The van der Waals surface area contributed by atoms with Gasteiger partial charge >= 0.3 is 12.1 Å². The Morgan fingerprint density at radius 1 is 1.00 bits per heavy atom. The minimum Gasteiger partial charge on any atom is -0.480 e. The molecule has 3 unspecified atom stereocenters. The van der Waals surface area contributed by atoms with Crippen molar-refractivity contribution in [2.75, 3.05) is 13.2 Å². The highest BCUT2D eigenvalue weighted by atomic mass is 16.5. The fourth-order valence-corrected chi connectivity index (χ4v) is 5.49. The van der Waals surface area contributed by atoms with Gasteiger partial charge in [-0.1, -0.05) is 61.9 Å². The summed E-state index contributed by atoms with van der Waals surface area (Å²) in [5.41, 5.74) is 4.76. The van der Waals surface area contributed by atoms with Crippen LogP contribution in [0.4, 0.5) is 4.79 Å². The van der Waals surface area contributed by atoms with Crippen molar-refractivity contribution in [2.45, 2.75) is 57.4 Å². The number of aliphatic carboxylic acids is 1. The zero-order chi connectivity index (χ0) is 24.8. The van der Waals surface area contributed by atoms with Crippen LogP contribution in [0.1, 0.15) is 62.5 Å². The maximum Gasteiger partial charge on any atom is 0.407 e. The Morgan fingerprint density at radius 2 is 1.63 bits per heavy atom. The number of hydrogen-bond acceptors (Lipinski definition) is 4. The molecule has 7 nitrogen and oxygen atoms in total. The van der Waals surface area contributed by atoms with Crippen LogP contribution in [-0.2, 0) is 14.3 Å². The fraction of sp³-hybridized carbons (Fsp3) is 0.464. The van der Waals surface area contributed by atoms with E-state index >= 15 is 0 Å². The van der Waals surface area contributed by atoms with E-state index in [0.717, 1.165) is 19.3 Å². The van der Waals surface area contributed by atoms with Crippen LogP contribution in [0.3, 0.4) is 0 Å². The van der Waals surface area contributed by atoms with Crippen LogP contribution in [0.25, 0.3) is 11.1 Å². The van der Waals surface area contributed by atoms with Gasteiger partial charge in [-0.25, -0.2) is 9.59 Å². The zero-order valence-electron chi connectivity index (χ0n) is 20.2. The molecule has 0 radical (unpaired) electrons. The maximum atomic E-state index is 12.4. The average Bonchev–Trinajstić information content (AvgIpc) is 3.43. The molecule has 0 spiro atoms. The van der Waals surface area contributed by atoms with E-state index in [1.54, 1.807) is 0 Å². The summed E-state index contributed by atoms with van der Waals surface area (Å²) in [6.07, 6.45) is 3.70. The Hall–Kier alpha value is -3.35. The molecule has 2 amide bonds. The van der Waals surface area contributed by atoms with Crippen LogP contribution >= 0.6 is 0 Å². The SMILES string of the molecule is CCCC(NC(=O)CC1CCC(CNC(=O)OCC2c3ccccc3-c3ccccc32)C1)C(=O)O. The number of rotatable bonds is 10. The van der Waals surface area contributed by atoms with Gasteiger partial charge in [0, 0.05) is 18.9 Å². The summed E-state index contributed by atoms with van der Waals surface area (Å²) in [5, 5.41) is 14.8. The predicted octanol–water partition coefficient (Wildman–Crippen LogP) is 4.70. The van der Waals surface area contributed by atoms with Crippen LogP contribution in [0.15, 0.2) is 48.5 Å². The molecule has 2 aliphatic rings. The number of amides is 2. The molecule has 0 aromatic heterocycles. The molecule has 2 aromatic carbocycles. The van der Waals surface area contributed by atoms with Gasteiger partial charge in [-0.05, 0) is 59.8 Å². The lowest BCUT2D eigenvalue weighted by Gasteiger charge is -2.17. The van der Waals surface area contributed by atoms with Crippen molar-refractivity contribution in [2.24, 2.45) is 11.8 Å². The van der Waals surface area contributed by atoms with E-state index < -0.39 is 18.1 Å². The molecule has 7 heteroatoms. The summed E-state index contributed by atoms with van der Waals surface area (Å²) in [4.78, 5) is 36.0. The smallest absolute Gasteiger partial charge is 0.407 e. The topological polar surface area (TPSA) is 105 Å². The minimum atomic E-state index is -0.989. The number of carbonyl (C=O) groups excluding carboxylic acids is 2. The summed E-state index contributed by atoms with van der Waals surface area (Å²) >= 11 is 0. The molecule has 0 aliphatic heterocycles. The van der Waals surface area contributed by atoms with E-state index in [-0.39, 0.29) is 24.3 Å². The van der Waals surface area contributed by atoms with E-state index in [9.17, 15) is 19.5 Å². The number of benzene rings is 2. The molecule has 0 heterocycles. The van der Waals surface area contributed by atoms with Crippen LogP contribution < -0.4 is 10.6 Å². The second-order valence-electron chi connectivity index (χ2n) is 9.70. The minimum absolute atomic E-state index is 0.0323. The summed E-state index contributed by atoms with van der Waals surface area (Å²) in [5.74, 6) is -0.665. The lowest BCUT2D eigenvalue weighted by atomic mass is 9.98. The molecule has 1 fully saturated rings. The first-order valence-corrected chi connectivity index (χ1v) is 12.6. The molecule has 0 saturated heterocycles. The molecule has 35 heavy (non-hydrogen) atoms. The van der Waals surface area contributed by atoms with E-state index in [0.29, 0.717) is 31.7 Å². The van der Waals surface area contributed by atoms with Crippen molar-refractivity contribution in [1.82, 2.24) is 10.6 Å². The molecule has 3 atom stereocenters. The third-order valence-electron chi connectivity index (χ3n) is 7.21. The molecule has 3 N–H and O–H groups in total. The van der Waals surface area contributed by atoms with Crippen molar-refractivity contribution in [3.63, 3.8) is 0 Å². The number of nitrogens with one attached hydrogen (secondary N) is 2. The number of carbonyl (C=O) groups is 3. The van der Waals surface area contributed by atoms with Crippen molar-refractivity contribution >= 4 is 18.0 Å². The van der Waals surface area contributed by atoms with Crippen LogP contribution in [0.5, 0.6) is 0 Å². The quantitative estimate of drug-likeness (QED) is 0.459. The molecule has 4 rings (SSSR count). The van der Waals surface area contributed by atoms with Crippen LogP contribution in [0.2, 0.25) is 0 Å². The number of hydrogen-bond donors (Lipinski definition) is 3. The normalized spacial score (nSPS) is 19.5. The van der Waals surface area contributed by atoms with E-state index in [2.05, 4.69) is 34.9 Å². The highest BCUT2D eigenvalue weighted by Gasteiger charge is 2.30. The van der Waals surface area contributed by atoms with Crippen molar-refractivity contribution in [1.29, 1.82) is 0 Å². The molecule has 186 valence electrons. The van der Waals surface area contributed by atoms with Crippen molar-refractivity contribution < 1.29 is 24.2 Å². The van der Waals surface area contributed by atoms with E-state index in [4.69, 9.17) is 4.74 Å². The Balaban J connectivity index is 1.20. The van der Waals surface area contributed by atoms with E-state index in [1.807, 2.05) is 31.2 Å². The summed E-state index contributed by atoms with van der Waals surface area (Å²) < 4.78 is 5.61. The Kier molecular flexibility index (Phi) is 8.06. The lowest BCUT2D eigenvalue weighted by molar-refractivity contribution is -0.142. The first kappa shape index (κ1) is 24.8. The van der Waals surface area contributed by atoms with Crippen molar-refractivity contribution in [3.05, 3.63) is 59.7 Å². The van der Waals surface area contributed by atoms with Gasteiger partial charge in [0.2, 0.25) is 5.91 Å². The number of fused-ring (bicyclic) bond motifs is 3. The number of carboxylic acid groups (broad SMARTS) is 1. The predicted molar refractivity (Wildman–Crippen MR) is 133 cm³/mol. The van der Waals surface area contributed by atoms with Gasteiger partial charge in [-0.3, -0.25) is 4.79 Å². The Bertz CT molecular complexity index is 1020. The van der Waals surface area contributed by atoms with Crippen LogP contribution in [0, 0.1) is 11.8 Å². The van der Waals surface area contributed by atoms with Crippen LogP contribution in [-0.4, -0.2) is 42.3 Å². The molecule has 0 bridgehead atoms. The first-order chi connectivity index (χ1) is 17.0. The Morgan fingerprint density at radius 3 is 2.26 bits per heavy atom. The maximum absolute atomic E-state index is 12.4. The standard InChI is InChI=1S/C28H34N2O5/c1-2-7-25(27(32)33)30-26(31)15-18-12-13-19(14-18)16-29-28(34)35-17-24-22-10-5-3-8-20(22)21-9-4-6-11-23(21)24/h3-6,8-11,18-19,24-25H,2,7,12-17H2,1H3,(H,29,34)(H,30,31)(H,32,33).